The Morgan fingerprint density at radius 1 is 0.769 bits per heavy atom. The van der Waals surface area contributed by atoms with E-state index in [2.05, 4.69) is 70.5 Å². The van der Waals surface area contributed by atoms with Crippen LogP contribution in [-0.2, 0) is 4.74 Å². The van der Waals surface area contributed by atoms with Gasteiger partial charge in [0.1, 0.15) is 0 Å². The molecule has 0 spiro atoms. The van der Waals surface area contributed by atoms with Gasteiger partial charge in [-0.25, -0.2) is 0 Å². The molecule has 140 valence electrons. The Morgan fingerprint density at radius 2 is 1.35 bits per heavy atom. The molecule has 1 heterocycles. The summed E-state index contributed by atoms with van der Waals surface area (Å²) in [4.78, 5) is 5.27. The molecule has 3 nitrogen and oxygen atoms in total. The minimum Gasteiger partial charge on any atom is -0.385 e. The summed E-state index contributed by atoms with van der Waals surface area (Å²) in [6, 6.07) is 22.2. The Balaban J connectivity index is 1.58. The lowest BCUT2D eigenvalue weighted by atomic mass is 9.96. The van der Waals surface area contributed by atoms with Crippen molar-refractivity contribution in [2.45, 2.75) is 25.3 Å². The second kappa shape index (κ2) is 10.5. The van der Waals surface area contributed by atoms with Gasteiger partial charge in [0, 0.05) is 39.9 Å². The summed E-state index contributed by atoms with van der Waals surface area (Å²) in [5.74, 6) is 0. The number of nitrogens with zero attached hydrogens (tertiary/aromatic N) is 2. The topological polar surface area (TPSA) is 15.7 Å². The second-order valence-corrected chi connectivity index (χ2v) is 7.15. The number of ether oxygens (including phenoxy) is 1. The molecule has 1 fully saturated rings. The van der Waals surface area contributed by atoms with Gasteiger partial charge >= 0.3 is 0 Å². The molecule has 0 unspecified atom stereocenters. The minimum absolute atomic E-state index is 0.362. The van der Waals surface area contributed by atoms with Gasteiger partial charge in [0.2, 0.25) is 0 Å². The van der Waals surface area contributed by atoms with Crippen LogP contribution in [0.3, 0.4) is 0 Å². The fourth-order valence-electron chi connectivity index (χ4n) is 3.89. The van der Waals surface area contributed by atoms with Gasteiger partial charge in [-0.3, -0.25) is 4.90 Å². The van der Waals surface area contributed by atoms with E-state index in [4.69, 9.17) is 4.74 Å². The lowest BCUT2D eigenvalue weighted by molar-refractivity contribution is 0.107. The number of hydrogen-bond acceptors (Lipinski definition) is 3. The maximum atomic E-state index is 5.14. The van der Waals surface area contributed by atoms with E-state index in [1.807, 2.05) is 0 Å². The number of rotatable bonds is 9. The normalized spacial score (nSPS) is 16.2. The molecule has 3 heteroatoms. The number of methoxy groups -OCH3 is 1. The van der Waals surface area contributed by atoms with Crippen molar-refractivity contribution in [3.63, 3.8) is 0 Å². The zero-order valence-corrected chi connectivity index (χ0v) is 16.0. The highest BCUT2D eigenvalue weighted by Crippen LogP contribution is 2.29. The van der Waals surface area contributed by atoms with Crippen LogP contribution in [0.2, 0.25) is 0 Å². The van der Waals surface area contributed by atoms with Gasteiger partial charge in [-0.05, 0) is 36.9 Å². The maximum Gasteiger partial charge on any atom is 0.0602 e. The molecule has 0 aliphatic carbocycles. The van der Waals surface area contributed by atoms with Crippen molar-refractivity contribution in [3.8, 4) is 0 Å². The largest absolute Gasteiger partial charge is 0.385 e. The van der Waals surface area contributed by atoms with Crippen LogP contribution in [0.5, 0.6) is 0 Å². The van der Waals surface area contributed by atoms with Crippen LogP contribution in [0.15, 0.2) is 60.7 Å². The average molecular weight is 353 g/mol. The van der Waals surface area contributed by atoms with E-state index >= 15 is 0 Å². The number of unbranched alkanes of at least 4 members (excludes halogenated alkanes) is 2. The van der Waals surface area contributed by atoms with Gasteiger partial charge < -0.3 is 9.64 Å². The molecule has 0 amide bonds. The van der Waals surface area contributed by atoms with Gasteiger partial charge in [0.25, 0.3) is 0 Å². The van der Waals surface area contributed by atoms with E-state index in [1.54, 1.807) is 7.11 Å². The van der Waals surface area contributed by atoms with Crippen molar-refractivity contribution < 1.29 is 4.74 Å². The Labute approximate surface area is 158 Å². The predicted octanol–water partition coefficient (Wildman–Crippen LogP) is 4.21. The predicted molar refractivity (Wildman–Crippen MR) is 108 cm³/mol. The first-order chi connectivity index (χ1) is 12.9. The van der Waals surface area contributed by atoms with Crippen molar-refractivity contribution in [3.05, 3.63) is 71.8 Å². The van der Waals surface area contributed by atoms with Crippen molar-refractivity contribution in [1.29, 1.82) is 0 Å². The molecular formula is C23H32N2O. The molecule has 0 aromatic heterocycles. The van der Waals surface area contributed by atoms with Crippen LogP contribution >= 0.6 is 0 Å². The molecule has 0 N–H and O–H groups in total. The summed E-state index contributed by atoms with van der Waals surface area (Å²) in [7, 11) is 1.79. The molecule has 2 aromatic rings. The number of hydrogen-bond donors (Lipinski definition) is 0. The highest BCUT2D eigenvalue weighted by molar-refractivity contribution is 5.31. The third kappa shape index (κ3) is 5.41. The van der Waals surface area contributed by atoms with Gasteiger partial charge in [-0.15, -0.1) is 0 Å². The molecule has 1 aliphatic rings. The van der Waals surface area contributed by atoms with Crippen molar-refractivity contribution in [2.24, 2.45) is 0 Å². The zero-order chi connectivity index (χ0) is 18.0. The molecule has 0 saturated carbocycles. The fraction of sp³-hybridized carbons (Fsp3) is 0.478. The van der Waals surface area contributed by atoms with E-state index in [1.165, 1.54) is 50.0 Å². The summed E-state index contributed by atoms with van der Waals surface area (Å²) in [6.45, 7) is 6.71. The number of piperazine rings is 1. The minimum atomic E-state index is 0.362. The maximum absolute atomic E-state index is 5.14. The van der Waals surface area contributed by atoms with Crippen molar-refractivity contribution in [1.82, 2.24) is 9.80 Å². The first-order valence-electron chi connectivity index (χ1n) is 9.93. The molecule has 1 saturated heterocycles. The van der Waals surface area contributed by atoms with Gasteiger partial charge in [0.15, 0.2) is 0 Å². The van der Waals surface area contributed by atoms with Gasteiger partial charge in [-0.2, -0.15) is 0 Å². The smallest absolute Gasteiger partial charge is 0.0602 e. The molecule has 26 heavy (non-hydrogen) atoms. The molecule has 1 aliphatic heterocycles. The van der Waals surface area contributed by atoms with E-state index in [0.29, 0.717) is 6.04 Å². The number of benzene rings is 2. The van der Waals surface area contributed by atoms with Crippen LogP contribution in [0.4, 0.5) is 0 Å². The highest BCUT2D eigenvalue weighted by atomic mass is 16.5. The van der Waals surface area contributed by atoms with Gasteiger partial charge in [-0.1, -0.05) is 60.7 Å². The molecule has 2 aromatic carbocycles. The average Bonchev–Trinajstić information content (AvgIpc) is 2.71. The van der Waals surface area contributed by atoms with Crippen molar-refractivity contribution >= 4 is 0 Å². The lowest BCUT2D eigenvalue weighted by Gasteiger charge is -2.39. The van der Waals surface area contributed by atoms with E-state index < -0.39 is 0 Å². The Morgan fingerprint density at radius 3 is 1.88 bits per heavy atom. The SMILES string of the molecule is COCCCCCN1CCN(C(c2ccccc2)c2ccccc2)CC1. The summed E-state index contributed by atoms with van der Waals surface area (Å²) < 4.78 is 5.14. The first kappa shape index (κ1) is 19.1. The molecular weight excluding hydrogens is 320 g/mol. The third-order valence-corrected chi connectivity index (χ3v) is 5.33. The summed E-state index contributed by atoms with van der Waals surface area (Å²) >= 11 is 0. The quantitative estimate of drug-likeness (QED) is 0.629. The molecule has 0 atom stereocenters. The van der Waals surface area contributed by atoms with Crippen LogP contribution < -0.4 is 0 Å². The monoisotopic (exact) mass is 352 g/mol. The highest BCUT2D eigenvalue weighted by Gasteiger charge is 2.25. The van der Waals surface area contributed by atoms with Crippen LogP contribution in [0.1, 0.15) is 36.4 Å². The first-order valence-corrected chi connectivity index (χ1v) is 9.93. The van der Waals surface area contributed by atoms with Crippen LogP contribution in [-0.4, -0.2) is 56.2 Å². The third-order valence-electron chi connectivity index (χ3n) is 5.33. The van der Waals surface area contributed by atoms with Crippen molar-refractivity contribution in [2.75, 3.05) is 46.4 Å². The van der Waals surface area contributed by atoms with E-state index in [9.17, 15) is 0 Å². The van der Waals surface area contributed by atoms with Gasteiger partial charge in [0.05, 0.1) is 6.04 Å². The summed E-state index contributed by atoms with van der Waals surface area (Å²) in [5, 5.41) is 0. The standard InChI is InChI=1S/C23H32N2O/c1-26-20-10-4-9-15-24-16-18-25(19-17-24)23(21-11-5-2-6-12-21)22-13-7-3-8-14-22/h2-3,5-8,11-14,23H,4,9-10,15-20H2,1H3. The lowest BCUT2D eigenvalue weighted by Crippen LogP contribution is -2.48. The van der Waals surface area contributed by atoms with E-state index in [-0.39, 0.29) is 0 Å². The zero-order valence-electron chi connectivity index (χ0n) is 16.0. The summed E-state index contributed by atoms with van der Waals surface area (Å²) in [6.07, 6.45) is 3.73. The molecule has 0 radical (unpaired) electrons. The summed E-state index contributed by atoms with van der Waals surface area (Å²) in [5.41, 5.74) is 2.79. The molecule has 3 rings (SSSR count). The Hall–Kier alpha value is -1.68. The Bertz CT molecular complexity index is 569. The second-order valence-electron chi connectivity index (χ2n) is 7.15. The molecule has 0 bridgehead atoms. The fourth-order valence-corrected chi connectivity index (χ4v) is 3.89. The Kier molecular flexibility index (Phi) is 7.68. The van der Waals surface area contributed by atoms with E-state index in [0.717, 1.165) is 19.7 Å². The van der Waals surface area contributed by atoms with Crippen LogP contribution in [0.25, 0.3) is 0 Å². The van der Waals surface area contributed by atoms with Crippen LogP contribution in [0, 0.1) is 0 Å².